The third-order valence-corrected chi connectivity index (χ3v) is 6.09. The number of aromatic nitrogens is 1. The number of anilines is 1. The van der Waals surface area contributed by atoms with Crippen LogP contribution >= 0.6 is 11.3 Å². The molecular formula is C19H23N3O2S. The molecule has 1 fully saturated rings. The van der Waals surface area contributed by atoms with E-state index in [1.165, 1.54) is 35.3 Å². The predicted octanol–water partition coefficient (Wildman–Crippen LogP) is 3.01. The van der Waals surface area contributed by atoms with Crippen LogP contribution in [-0.4, -0.2) is 36.7 Å². The molecule has 0 spiro atoms. The summed E-state index contributed by atoms with van der Waals surface area (Å²) in [6.07, 6.45) is 4.94. The van der Waals surface area contributed by atoms with Gasteiger partial charge in [0.05, 0.1) is 5.69 Å². The predicted molar refractivity (Wildman–Crippen MR) is 100 cm³/mol. The number of aryl methyl sites for hydroxylation is 2. The van der Waals surface area contributed by atoms with E-state index in [1.807, 2.05) is 5.38 Å². The number of hydrogen-bond acceptors (Lipinski definition) is 5. The molecule has 0 bridgehead atoms. The molecule has 0 unspecified atom stereocenters. The van der Waals surface area contributed by atoms with E-state index in [-0.39, 0.29) is 5.91 Å². The van der Waals surface area contributed by atoms with E-state index in [4.69, 9.17) is 4.74 Å². The number of fused-ring (bicyclic) bond motifs is 1. The summed E-state index contributed by atoms with van der Waals surface area (Å²) in [4.78, 5) is 17.3. The van der Waals surface area contributed by atoms with E-state index in [1.54, 1.807) is 7.11 Å². The zero-order valence-corrected chi connectivity index (χ0v) is 15.2. The van der Waals surface area contributed by atoms with Gasteiger partial charge in [0.25, 0.3) is 5.91 Å². The van der Waals surface area contributed by atoms with Crippen molar-refractivity contribution in [2.75, 3.05) is 25.5 Å². The molecule has 5 nitrogen and oxygen atoms in total. The van der Waals surface area contributed by atoms with Crippen molar-refractivity contribution in [3.63, 3.8) is 0 Å². The van der Waals surface area contributed by atoms with Crippen molar-refractivity contribution >= 4 is 22.4 Å². The van der Waals surface area contributed by atoms with Crippen molar-refractivity contribution in [3.8, 4) is 11.3 Å². The highest BCUT2D eigenvalue weighted by atomic mass is 32.1. The number of ether oxygens (including phenoxy) is 1. The number of carbonyl (C=O) groups excluding carboxylic acids is 1. The van der Waals surface area contributed by atoms with Gasteiger partial charge in [0, 0.05) is 18.1 Å². The van der Waals surface area contributed by atoms with E-state index in [2.05, 4.69) is 33.8 Å². The minimum Gasteiger partial charge on any atom is -0.368 e. The first-order valence-corrected chi connectivity index (χ1v) is 9.73. The van der Waals surface area contributed by atoms with E-state index >= 15 is 0 Å². The first-order valence-electron chi connectivity index (χ1n) is 8.85. The third-order valence-electron chi connectivity index (χ3n) is 5.33. The van der Waals surface area contributed by atoms with Gasteiger partial charge in [0.2, 0.25) is 0 Å². The molecule has 0 radical (unpaired) electrons. The number of nitrogens with one attached hydrogen (secondary N) is 2. The van der Waals surface area contributed by atoms with Gasteiger partial charge in [-0.2, -0.15) is 0 Å². The first kappa shape index (κ1) is 16.7. The molecule has 6 heteroatoms. The Balaban J connectivity index is 1.50. The maximum absolute atomic E-state index is 12.7. The van der Waals surface area contributed by atoms with Crippen molar-refractivity contribution in [3.05, 3.63) is 34.7 Å². The minimum absolute atomic E-state index is 0.0913. The van der Waals surface area contributed by atoms with Crippen LogP contribution in [0.2, 0.25) is 0 Å². The summed E-state index contributed by atoms with van der Waals surface area (Å²) in [5.74, 6) is -0.0913. The van der Waals surface area contributed by atoms with Gasteiger partial charge in [-0.3, -0.25) is 10.1 Å². The summed E-state index contributed by atoms with van der Waals surface area (Å²) in [5, 5.41) is 8.87. The Morgan fingerprint density at radius 1 is 1.28 bits per heavy atom. The Morgan fingerprint density at radius 3 is 2.88 bits per heavy atom. The largest absolute Gasteiger partial charge is 0.368 e. The molecule has 1 aliphatic carbocycles. The smallest absolute Gasteiger partial charge is 0.258 e. The van der Waals surface area contributed by atoms with Gasteiger partial charge in [-0.1, -0.05) is 12.1 Å². The maximum Gasteiger partial charge on any atom is 0.258 e. The fourth-order valence-electron chi connectivity index (χ4n) is 3.76. The van der Waals surface area contributed by atoms with Gasteiger partial charge >= 0.3 is 0 Å². The van der Waals surface area contributed by atoms with E-state index in [9.17, 15) is 4.79 Å². The normalized spacial score (nSPS) is 18.8. The van der Waals surface area contributed by atoms with E-state index in [0.717, 1.165) is 30.8 Å². The number of benzene rings is 1. The number of carbonyl (C=O) groups is 1. The molecule has 4 rings (SSSR count). The lowest BCUT2D eigenvalue weighted by molar-refractivity contribution is -0.140. The summed E-state index contributed by atoms with van der Waals surface area (Å²) in [6, 6.07) is 6.59. The summed E-state index contributed by atoms with van der Waals surface area (Å²) in [6.45, 7) is 1.58. The van der Waals surface area contributed by atoms with Crippen LogP contribution in [0.1, 0.15) is 30.4 Å². The molecule has 0 saturated carbocycles. The first-order chi connectivity index (χ1) is 12.2. The SMILES string of the molecule is COC1(C(=O)Nc2nc(-c3ccc4c(c3)CCC4)cs2)CCNCC1. The number of piperidine rings is 1. The summed E-state index contributed by atoms with van der Waals surface area (Å²) >= 11 is 1.46. The highest BCUT2D eigenvalue weighted by molar-refractivity contribution is 7.14. The van der Waals surface area contributed by atoms with E-state index < -0.39 is 5.60 Å². The van der Waals surface area contributed by atoms with Crippen LogP contribution in [0.15, 0.2) is 23.6 Å². The van der Waals surface area contributed by atoms with E-state index in [0.29, 0.717) is 18.0 Å². The van der Waals surface area contributed by atoms with Gasteiger partial charge in [-0.05, 0) is 62.4 Å². The topological polar surface area (TPSA) is 63.2 Å². The van der Waals surface area contributed by atoms with Crippen LogP contribution in [0.5, 0.6) is 0 Å². The number of thiazole rings is 1. The molecule has 2 aromatic rings. The van der Waals surface area contributed by atoms with Crippen LogP contribution < -0.4 is 10.6 Å². The van der Waals surface area contributed by atoms with Crippen LogP contribution in [-0.2, 0) is 22.4 Å². The number of methoxy groups -OCH3 is 1. The lowest BCUT2D eigenvalue weighted by Crippen LogP contribution is -2.51. The Bertz CT molecular complexity index is 781. The van der Waals surface area contributed by atoms with Gasteiger partial charge in [0.15, 0.2) is 5.13 Å². The van der Waals surface area contributed by atoms with Crippen molar-refractivity contribution < 1.29 is 9.53 Å². The molecule has 1 saturated heterocycles. The molecule has 1 aromatic heterocycles. The molecule has 25 heavy (non-hydrogen) atoms. The lowest BCUT2D eigenvalue weighted by atomic mass is 9.91. The van der Waals surface area contributed by atoms with Gasteiger partial charge < -0.3 is 10.1 Å². The number of rotatable bonds is 4. The highest BCUT2D eigenvalue weighted by Gasteiger charge is 2.40. The second kappa shape index (κ2) is 6.86. The highest BCUT2D eigenvalue weighted by Crippen LogP contribution is 2.31. The summed E-state index contributed by atoms with van der Waals surface area (Å²) in [7, 11) is 1.61. The zero-order chi connectivity index (χ0) is 17.3. The van der Waals surface area contributed by atoms with Crippen molar-refractivity contribution in [2.24, 2.45) is 0 Å². The summed E-state index contributed by atoms with van der Waals surface area (Å²) in [5.41, 5.74) is 4.20. The molecule has 1 amide bonds. The van der Waals surface area contributed by atoms with Crippen molar-refractivity contribution in [1.82, 2.24) is 10.3 Å². The van der Waals surface area contributed by atoms with Crippen LogP contribution in [0.25, 0.3) is 11.3 Å². The van der Waals surface area contributed by atoms with Gasteiger partial charge in [-0.15, -0.1) is 11.3 Å². The standard InChI is InChI=1S/C19H23N3O2S/c1-24-19(7-9-20-10-8-19)17(23)22-18-21-16(12-25-18)15-6-5-13-3-2-4-14(13)11-15/h5-6,11-12,20H,2-4,7-10H2,1H3,(H,21,22,23). The fourth-order valence-corrected chi connectivity index (χ4v) is 4.48. The van der Waals surface area contributed by atoms with Crippen molar-refractivity contribution in [2.45, 2.75) is 37.7 Å². The maximum atomic E-state index is 12.7. The molecule has 2 aliphatic rings. The van der Waals surface area contributed by atoms with Crippen LogP contribution in [0.4, 0.5) is 5.13 Å². The molecule has 1 aromatic carbocycles. The molecule has 2 heterocycles. The minimum atomic E-state index is -0.745. The third kappa shape index (κ3) is 3.21. The number of nitrogens with zero attached hydrogens (tertiary/aromatic N) is 1. The average molecular weight is 357 g/mol. The molecular weight excluding hydrogens is 334 g/mol. The molecule has 0 atom stereocenters. The quantitative estimate of drug-likeness (QED) is 0.883. The summed E-state index contributed by atoms with van der Waals surface area (Å²) < 4.78 is 5.58. The van der Waals surface area contributed by atoms with Crippen LogP contribution in [0.3, 0.4) is 0 Å². The van der Waals surface area contributed by atoms with Gasteiger partial charge in [0.1, 0.15) is 5.60 Å². The van der Waals surface area contributed by atoms with Gasteiger partial charge in [-0.25, -0.2) is 4.98 Å². The molecule has 132 valence electrons. The number of amides is 1. The molecule has 1 aliphatic heterocycles. The zero-order valence-electron chi connectivity index (χ0n) is 14.4. The Hall–Kier alpha value is -1.76. The Morgan fingerprint density at radius 2 is 2.08 bits per heavy atom. The second-order valence-corrected chi connectivity index (χ2v) is 7.64. The van der Waals surface area contributed by atoms with Crippen molar-refractivity contribution in [1.29, 1.82) is 0 Å². The lowest BCUT2D eigenvalue weighted by Gasteiger charge is -2.34. The van der Waals surface area contributed by atoms with Crippen LogP contribution in [0, 0.1) is 0 Å². The molecule has 2 N–H and O–H groups in total. The monoisotopic (exact) mass is 357 g/mol. The number of hydrogen-bond donors (Lipinski definition) is 2. The Kier molecular flexibility index (Phi) is 4.58. The fraction of sp³-hybridized carbons (Fsp3) is 0.474. The Labute approximate surface area is 151 Å². The second-order valence-electron chi connectivity index (χ2n) is 6.78. The average Bonchev–Trinajstić information content (AvgIpc) is 3.30.